The fraction of sp³-hybridized carbons (Fsp3) is 0.820. The molecule has 1 aliphatic heterocycles. The minimum atomic E-state index is -0.783. The molecule has 0 spiro atoms. The molecule has 2 unspecified atom stereocenters. The number of aliphatic hydroxyl groups excluding tert-OH is 1. The van der Waals surface area contributed by atoms with E-state index in [0.29, 0.717) is 69.0 Å². The number of unbranched alkanes of at least 4 members (excludes halogenated alkanes) is 2. The lowest BCUT2D eigenvalue weighted by Crippen LogP contribution is -2.54. The zero-order chi connectivity index (χ0) is 98.5. The Balaban J connectivity index is 3.51. The maximum Gasteiger partial charge on any atom is 0.242 e. The van der Waals surface area contributed by atoms with Crippen LogP contribution in [0.3, 0.4) is 0 Å². The van der Waals surface area contributed by atoms with Crippen molar-refractivity contribution >= 4 is 106 Å². The van der Waals surface area contributed by atoms with E-state index in [4.69, 9.17) is 48.4 Å². The van der Waals surface area contributed by atoms with E-state index in [-0.39, 0.29) is 218 Å². The lowest BCUT2D eigenvalue weighted by atomic mass is 10.1. The molecule has 0 bridgehead atoms. The van der Waals surface area contributed by atoms with Gasteiger partial charge in [-0.25, -0.2) is 0 Å². The number of hydrogen-bond donors (Lipinski definition) is 3. The second-order valence-corrected chi connectivity index (χ2v) is 35.8. The largest absolute Gasteiger partial charge is 0.390 e. The van der Waals surface area contributed by atoms with E-state index in [1.54, 1.807) is 0 Å². The van der Waals surface area contributed by atoms with Crippen LogP contribution < -0.4 is 11.1 Å². The van der Waals surface area contributed by atoms with Gasteiger partial charge in [-0.3, -0.25) is 81.6 Å². The van der Waals surface area contributed by atoms with Gasteiger partial charge < -0.3 is 118 Å². The molecule has 2 atom stereocenters. The highest BCUT2D eigenvalue weighted by molar-refractivity contribution is 7.99. The summed E-state index contributed by atoms with van der Waals surface area (Å²) in [7, 11) is 11.3. The molecule has 42 heteroatoms. The van der Waals surface area contributed by atoms with Crippen LogP contribution in [0.1, 0.15) is 133 Å². The van der Waals surface area contributed by atoms with E-state index in [2.05, 4.69) is 5.32 Å². The number of primary amides is 1. The molecular weight excluding hydrogens is 1730 g/mol. The summed E-state index contributed by atoms with van der Waals surface area (Å²) in [5.41, 5.74) is 5.44. The van der Waals surface area contributed by atoms with Crippen LogP contribution in [0.25, 0.3) is 0 Å². The van der Waals surface area contributed by atoms with E-state index < -0.39 is 161 Å². The molecular formula is C89H161N15O26S. The van der Waals surface area contributed by atoms with Gasteiger partial charge in [0.05, 0.1) is 150 Å². The first-order chi connectivity index (χ1) is 62.2. The first-order valence-electron chi connectivity index (χ1n) is 45.7. The number of hydrogen-bond acceptors (Lipinski definition) is 27. The van der Waals surface area contributed by atoms with Crippen molar-refractivity contribution in [2.24, 2.45) is 41.2 Å². The number of likely N-dealkylation sites (tertiary alicyclic amines) is 1. The van der Waals surface area contributed by atoms with Gasteiger partial charge in [0, 0.05) is 186 Å². The molecule has 4 N–H and O–H groups in total. The minimum Gasteiger partial charge on any atom is -0.390 e. The van der Waals surface area contributed by atoms with Crippen LogP contribution in [0.4, 0.5) is 0 Å². The molecule has 754 valence electrons. The average molecular weight is 1890 g/mol. The fourth-order valence-corrected chi connectivity index (χ4v) is 14.1. The number of nitrogens with two attached hydrogens (primary N) is 1. The summed E-state index contributed by atoms with van der Waals surface area (Å²) in [5, 5.41) is 13.1. The molecule has 131 heavy (non-hydrogen) atoms. The van der Waals surface area contributed by atoms with Crippen molar-refractivity contribution < 1.29 is 124 Å². The first kappa shape index (κ1) is 121. The number of carbonyl (C=O) groups is 16. The van der Waals surface area contributed by atoms with Crippen molar-refractivity contribution in [1.82, 2.24) is 69.0 Å². The molecule has 16 amide bonds. The highest BCUT2D eigenvalue weighted by Gasteiger charge is 2.39. The lowest BCUT2D eigenvalue weighted by Gasteiger charge is -2.33. The molecule has 0 aromatic heterocycles. The zero-order valence-corrected chi connectivity index (χ0v) is 82.8. The van der Waals surface area contributed by atoms with Crippen LogP contribution in [0.15, 0.2) is 0 Å². The number of nitrogens with one attached hydrogen (secondary N) is 1. The topological polar surface area (TPSA) is 457 Å². The summed E-state index contributed by atoms with van der Waals surface area (Å²) < 4.78 is 48.1. The van der Waals surface area contributed by atoms with Crippen LogP contribution in [-0.2, 0) is 119 Å². The Labute approximate surface area is 781 Å². The average Bonchev–Trinajstić information content (AvgIpc) is 1.65. The van der Waals surface area contributed by atoms with Gasteiger partial charge in [0.2, 0.25) is 94.5 Å². The van der Waals surface area contributed by atoms with Crippen LogP contribution in [0, 0.1) is 35.5 Å². The number of ether oxygens (including phenoxy) is 9. The number of aliphatic hydroxyl groups is 1. The number of nitrogens with zero attached hydrogens (tertiary/aromatic N) is 13. The van der Waals surface area contributed by atoms with Gasteiger partial charge in [0.15, 0.2) is 0 Å². The van der Waals surface area contributed by atoms with E-state index in [1.807, 2.05) is 69.2 Å². The van der Waals surface area contributed by atoms with Crippen LogP contribution in [0.5, 0.6) is 0 Å². The Hall–Kier alpha value is -8.33. The predicted molar refractivity (Wildman–Crippen MR) is 491 cm³/mol. The first-order valence-corrected chi connectivity index (χ1v) is 46.9. The van der Waals surface area contributed by atoms with E-state index >= 15 is 0 Å². The summed E-state index contributed by atoms with van der Waals surface area (Å²) >= 11 is 1.37. The maximum atomic E-state index is 14.9. The van der Waals surface area contributed by atoms with Crippen LogP contribution in [0.2, 0.25) is 0 Å². The molecule has 1 rings (SSSR count). The van der Waals surface area contributed by atoms with E-state index in [9.17, 15) is 81.8 Å². The van der Waals surface area contributed by atoms with Crippen molar-refractivity contribution in [2.75, 3.05) is 305 Å². The molecule has 1 saturated heterocycles. The van der Waals surface area contributed by atoms with Gasteiger partial charge in [-0.05, 0) is 68.1 Å². The Bertz CT molecular complexity index is 3420. The number of thioether (sulfide) groups is 1. The summed E-state index contributed by atoms with van der Waals surface area (Å²) in [6.45, 7) is 13.7. The fourth-order valence-electron chi connectivity index (χ4n) is 13.1. The number of imide groups is 1. The van der Waals surface area contributed by atoms with Gasteiger partial charge in [-0.1, -0.05) is 75.7 Å². The molecule has 1 fully saturated rings. The molecule has 0 aromatic carbocycles. The Morgan fingerprint density at radius 3 is 0.870 bits per heavy atom. The van der Waals surface area contributed by atoms with Crippen molar-refractivity contribution in [3.05, 3.63) is 0 Å². The van der Waals surface area contributed by atoms with Crippen molar-refractivity contribution in [2.45, 2.75) is 140 Å². The third kappa shape index (κ3) is 52.8. The molecule has 41 nitrogen and oxygen atoms in total. The quantitative estimate of drug-likeness (QED) is 0.0532. The summed E-state index contributed by atoms with van der Waals surface area (Å²) in [6, 6.07) is 0. The highest BCUT2D eigenvalue weighted by Crippen LogP contribution is 2.25. The summed E-state index contributed by atoms with van der Waals surface area (Å²) in [4.78, 5) is 241. The van der Waals surface area contributed by atoms with Crippen molar-refractivity contribution in [3.63, 3.8) is 0 Å². The SMILES string of the molecule is COCCN(CC(N)=O)C(=O)CN(CCOC)C(=O)CN(CCOC)C(=O)CN(CCC(C)C)C(=O)CN(CCOC)C(=O)CN(CCC(C)C)C(=O)CN(CCOC)C(=O)CN(CCC(C)C)C(=O)CN(CCOC)C(=O)CN(CCC(C)C)C(=O)CN(CCOC)C(=O)CN(CCOC)C(=O)CCCCCNC(=O)CCN1C(=O)CC(CSCC(O)COCC(C)C)C1=O. The molecule has 0 radical (unpaired) electrons. The molecule has 0 saturated carbocycles. The highest BCUT2D eigenvalue weighted by atomic mass is 32.2. The summed E-state index contributed by atoms with van der Waals surface area (Å²) in [6.07, 6.45) is 2.39. The normalized spacial score (nSPS) is 12.8. The minimum absolute atomic E-state index is 0.00381. The van der Waals surface area contributed by atoms with Crippen LogP contribution in [-0.4, -0.2) is 474 Å². The van der Waals surface area contributed by atoms with E-state index in [0.717, 1.165) is 9.80 Å². The number of rotatable bonds is 77. The number of carbonyl (C=O) groups excluding carboxylic acids is 16. The summed E-state index contributed by atoms with van der Waals surface area (Å²) in [5.74, 6) is -8.63. The zero-order valence-electron chi connectivity index (χ0n) is 81.9. The Morgan fingerprint density at radius 1 is 0.359 bits per heavy atom. The van der Waals surface area contributed by atoms with Gasteiger partial charge in [0.25, 0.3) is 0 Å². The Morgan fingerprint density at radius 2 is 0.618 bits per heavy atom. The standard InChI is InChI=1S/C89H161N15O26S/c1-67(2)23-29-92(52-83(115)98(36-44-124-13)57-78(110)93(30-24-68(3)4)53-84(116)100(38-46-126-15)59-80(112)95(32-26-70(7)8)55-86(118)103(41-49-129-18)62-88(120)102(40-48-128-17)61-82(114)96(34-42-122-11)51-74(90)106)79(111)58-99(37-45-125-14)85(117)54-94(31-25-69(5)6)81(113)60-101(39-47-127-16)87(119)56-97(35-43-123-12)76(108)22-20-19-21-28-91-75(107)27-33-104-77(109)50-72(89(104)121)65-131-66-73(105)64-130-63-71(9)10/h67-73,105H,19-66H2,1-18H3,(H2,90,106)(H,91,107). The van der Waals surface area contributed by atoms with Crippen LogP contribution >= 0.6 is 11.8 Å². The molecule has 1 heterocycles. The van der Waals surface area contributed by atoms with Gasteiger partial charge in [-0.2, -0.15) is 11.8 Å². The van der Waals surface area contributed by atoms with Gasteiger partial charge in [0.1, 0.15) is 0 Å². The smallest absolute Gasteiger partial charge is 0.242 e. The molecule has 0 aliphatic carbocycles. The van der Waals surface area contributed by atoms with E-state index in [1.165, 1.54) is 123 Å². The van der Waals surface area contributed by atoms with Gasteiger partial charge in [-0.15, -0.1) is 0 Å². The number of amides is 16. The molecule has 1 aliphatic rings. The van der Waals surface area contributed by atoms with Crippen molar-refractivity contribution in [1.29, 1.82) is 0 Å². The third-order valence-corrected chi connectivity index (χ3v) is 22.5. The Kier molecular flexibility index (Phi) is 64.8. The van der Waals surface area contributed by atoms with Gasteiger partial charge >= 0.3 is 0 Å². The number of methoxy groups -OCH3 is 8. The third-order valence-electron chi connectivity index (χ3n) is 21.3. The second kappa shape index (κ2) is 70.4. The second-order valence-electron chi connectivity index (χ2n) is 34.7. The molecule has 0 aromatic rings. The monoisotopic (exact) mass is 1890 g/mol. The predicted octanol–water partition coefficient (Wildman–Crippen LogP) is -0.0210. The maximum absolute atomic E-state index is 14.9. The lowest BCUT2D eigenvalue weighted by molar-refractivity contribution is -0.150. The van der Waals surface area contributed by atoms with Crippen molar-refractivity contribution in [3.8, 4) is 0 Å².